The fraction of sp³-hybridized carbons (Fsp3) is 0.529. The van der Waals surface area contributed by atoms with Crippen molar-refractivity contribution in [2.75, 3.05) is 6.61 Å². The highest BCUT2D eigenvalue weighted by molar-refractivity contribution is 5.30. The predicted molar refractivity (Wildman–Crippen MR) is 82.0 cm³/mol. The molecule has 0 radical (unpaired) electrons. The zero-order valence-electron chi connectivity index (χ0n) is 13.1. The summed E-state index contributed by atoms with van der Waals surface area (Å²) in [7, 11) is 0. The van der Waals surface area contributed by atoms with E-state index in [9.17, 15) is 5.11 Å². The van der Waals surface area contributed by atoms with Crippen LogP contribution in [0.5, 0.6) is 11.5 Å². The molecule has 1 aromatic rings. The van der Waals surface area contributed by atoms with Crippen LogP contribution in [-0.4, -0.2) is 17.8 Å². The van der Waals surface area contributed by atoms with Gasteiger partial charge in [-0.25, -0.2) is 0 Å². The van der Waals surface area contributed by atoms with Crippen molar-refractivity contribution in [1.82, 2.24) is 0 Å². The summed E-state index contributed by atoms with van der Waals surface area (Å²) in [5.74, 6) is 2.02. The first-order valence-electron chi connectivity index (χ1n) is 7.10. The zero-order valence-corrected chi connectivity index (χ0v) is 13.1. The van der Waals surface area contributed by atoms with Gasteiger partial charge >= 0.3 is 0 Å². The number of allylic oxidation sites excluding steroid dienone is 2. The molecular formula is C17H26O3. The Bertz CT molecular complexity index is 430. The normalized spacial score (nSPS) is 12.6. The molecule has 0 bridgehead atoms. The molecule has 0 heterocycles. The van der Waals surface area contributed by atoms with E-state index in [1.54, 1.807) is 24.3 Å². The fourth-order valence-electron chi connectivity index (χ4n) is 1.96. The van der Waals surface area contributed by atoms with Crippen molar-refractivity contribution < 1.29 is 14.6 Å². The summed E-state index contributed by atoms with van der Waals surface area (Å²) in [4.78, 5) is 0. The van der Waals surface area contributed by atoms with Crippen molar-refractivity contribution in [2.24, 2.45) is 5.41 Å². The molecule has 3 heteroatoms. The van der Waals surface area contributed by atoms with Crippen LogP contribution in [0.1, 0.15) is 41.0 Å². The van der Waals surface area contributed by atoms with Gasteiger partial charge in [-0.05, 0) is 57.5 Å². The minimum Gasteiger partial charge on any atom is -0.508 e. The third kappa shape index (κ3) is 5.16. The maximum absolute atomic E-state index is 9.22. The summed E-state index contributed by atoms with van der Waals surface area (Å²) in [6, 6.07) is 6.78. The highest BCUT2D eigenvalue weighted by atomic mass is 16.5. The predicted octanol–water partition coefficient (Wildman–Crippen LogP) is 4.52. The number of hydrogen-bond acceptors (Lipinski definition) is 3. The Morgan fingerprint density at radius 2 is 1.85 bits per heavy atom. The van der Waals surface area contributed by atoms with Gasteiger partial charge in [0.05, 0.1) is 18.5 Å². The largest absolute Gasteiger partial charge is 0.508 e. The Hall–Kier alpha value is -1.64. The second kappa shape index (κ2) is 7.22. The van der Waals surface area contributed by atoms with Gasteiger partial charge in [-0.1, -0.05) is 13.8 Å². The van der Waals surface area contributed by atoms with E-state index < -0.39 is 0 Å². The Kier molecular flexibility index (Phi) is 5.93. The molecule has 20 heavy (non-hydrogen) atoms. The van der Waals surface area contributed by atoms with Crippen molar-refractivity contribution in [3.63, 3.8) is 0 Å². The maximum Gasteiger partial charge on any atom is 0.119 e. The van der Waals surface area contributed by atoms with E-state index in [0.717, 1.165) is 17.9 Å². The molecule has 1 aromatic carbocycles. The number of aromatic hydroxyl groups is 1. The monoisotopic (exact) mass is 278 g/mol. The van der Waals surface area contributed by atoms with E-state index in [1.807, 2.05) is 26.8 Å². The highest BCUT2D eigenvalue weighted by Crippen LogP contribution is 2.32. The molecule has 0 aliphatic heterocycles. The van der Waals surface area contributed by atoms with Gasteiger partial charge in [0, 0.05) is 5.41 Å². The summed E-state index contributed by atoms with van der Waals surface area (Å²) in [6.07, 6.45) is 3.07. The number of hydrogen-bond donors (Lipinski definition) is 1. The average molecular weight is 278 g/mol. The lowest BCUT2D eigenvalue weighted by molar-refractivity contribution is 0.0833. The van der Waals surface area contributed by atoms with Crippen LogP contribution in [0, 0.1) is 5.41 Å². The molecule has 0 aliphatic rings. The van der Waals surface area contributed by atoms with Crippen LogP contribution < -0.4 is 4.74 Å². The first-order valence-corrected chi connectivity index (χ1v) is 7.10. The molecule has 3 nitrogen and oxygen atoms in total. The van der Waals surface area contributed by atoms with E-state index in [0.29, 0.717) is 6.61 Å². The van der Waals surface area contributed by atoms with Gasteiger partial charge in [0.1, 0.15) is 11.5 Å². The molecule has 0 amide bonds. The number of phenols is 1. The van der Waals surface area contributed by atoms with Crippen LogP contribution in [-0.2, 0) is 4.74 Å². The molecule has 112 valence electrons. The number of phenolic OH excluding ortho intramolecular Hbond substituents is 1. The number of ether oxygens (including phenoxy) is 2. The SMILES string of the molecule is CC=C(OC(C)C)C(C)(C)CCOc1ccc(O)cc1. The third-order valence-electron chi connectivity index (χ3n) is 3.12. The Balaban J connectivity index is 2.52. The molecule has 0 atom stereocenters. The van der Waals surface area contributed by atoms with Gasteiger partial charge in [-0.15, -0.1) is 0 Å². The Labute approximate surface area is 122 Å². The van der Waals surface area contributed by atoms with E-state index in [1.165, 1.54) is 0 Å². The van der Waals surface area contributed by atoms with E-state index in [2.05, 4.69) is 13.8 Å². The molecule has 0 saturated carbocycles. The van der Waals surface area contributed by atoms with Crippen molar-refractivity contribution in [1.29, 1.82) is 0 Å². The Morgan fingerprint density at radius 3 is 2.35 bits per heavy atom. The standard InChI is InChI=1S/C17H26O3/c1-6-16(20-13(2)3)17(4,5)11-12-19-15-9-7-14(18)8-10-15/h6-10,13,18H,11-12H2,1-5H3. The molecule has 0 spiro atoms. The second-order valence-corrected chi connectivity index (χ2v) is 5.80. The van der Waals surface area contributed by atoms with Gasteiger partial charge in [0.25, 0.3) is 0 Å². The molecule has 1 N–H and O–H groups in total. The molecule has 0 unspecified atom stereocenters. The molecule has 1 rings (SSSR count). The Morgan fingerprint density at radius 1 is 1.25 bits per heavy atom. The van der Waals surface area contributed by atoms with Crippen LogP contribution in [0.3, 0.4) is 0 Å². The molecule has 0 aliphatic carbocycles. The van der Waals surface area contributed by atoms with E-state index >= 15 is 0 Å². The van der Waals surface area contributed by atoms with Crippen LogP contribution in [0.2, 0.25) is 0 Å². The number of rotatable bonds is 7. The van der Waals surface area contributed by atoms with Crippen molar-refractivity contribution in [3.8, 4) is 11.5 Å². The van der Waals surface area contributed by atoms with Gasteiger partial charge < -0.3 is 14.6 Å². The van der Waals surface area contributed by atoms with Crippen LogP contribution in [0.25, 0.3) is 0 Å². The lowest BCUT2D eigenvalue weighted by atomic mass is 9.87. The van der Waals surface area contributed by atoms with Crippen molar-refractivity contribution >= 4 is 0 Å². The molecule has 0 aromatic heterocycles. The fourth-order valence-corrected chi connectivity index (χ4v) is 1.96. The quantitative estimate of drug-likeness (QED) is 0.745. The second-order valence-electron chi connectivity index (χ2n) is 5.80. The summed E-state index contributed by atoms with van der Waals surface area (Å²) in [5.41, 5.74) is -0.0596. The van der Waals surface area contributed by atoms with E-state index in [4.69, 9.17) is 9.47 Å². The van der Waals surface area contributed by atoms with Crippen LogP contribution in [0.15, 0.2) is 36.1 Å². The molecular weight excluding hydrogens is 252 g/mol. The summed E-state index contributed by atoms with van der Waals surface area (Å²) >= 11 is 0. The maximum atomic E-state index is 9.22. The summed E-state index contributed by atoms with van der Waals surface area (Å²) in [6.45, 7) is 11.0. The summed E-state index contributed by atoms with van der Waals surface area (Å²) < 4.78 is 11.6. The number of benzene rings is 1. The van der Waals surface area contributed by atoms with Gasteiger partial charge in [-0.2, -0.15) is 0 Å². The first kappa shape index (κ1) is 16.4. The lowest BCUT2D eigenvalue weighted by Crippen LogP contribution is -2.22. The van der Waals surface area contributed by atoms with E-state index in [-0.39, 0.29) is 17.3 Å². The zero-order chi connectivity index (χ0) is 15.2. The minimum absolute atomic E-state index is 0.0596. The lowest BCUT2D eigenvalue weighted by Gasteiger charge is -2.29. The van der Waals surface area contributed by atoms with Gasteiger partial charge in [0.2, 0.25) is 0 Å². The van der Waals surface area contributed by atoms with Crippen molar-refractivity contribution in [3.05, 3.63) is 36.1 Å². The van der Waals surface area contributed by atoms with Gasteiger partial charge in [-0.3, -0.25) is 0 Å². The molecule has 0 saturated heterocycles. The van der Waals surface area contributed by atoms with Crippen LogP contribution >= 0.6 is 0 Å². The van der Waals surface area contributed by atoms with Gasteiger partial charge in [0.15, 0.2) is 0 Å². The van der Waals surface area contributed by atoms with Crippen LogP contribution in [0.4, 0.5) is 0 Å². The van der Waals surface area contributed by atoms with Crippen molar-refractivity contribution in [2.45, 2.75) is 47.1 Å². The minimum atomic E-state index is -0.0596. The molecule has 0 fully saturated rings. The highest BCUT2D eigenvalue weighted by Gasteiger charge is 2.25. The average Bonchev–Trinajstić information content (AvgIpc) is 2.37. The summed E-state index contributed by atoms with van der Waals surface area (Å²) in [5, 5.41) is 9.22. The first-order chi connectivity index (χ1) is 9.35. The third-order valence-corrected chi connectivity index (χ3v) is 3.12. The smallest absolute Gasteiger partial charge is 0.119 e. The topological polar surface area (TPSA) is 38.7 Å².